The number of benzene rings is 1. The Bertz CT molecular complexity index is 755. The van der Waals surface area contributed by atoms with E-state index in [1.807, 2.05) is 0 Å². The number of nitrogens with two attached hydrogens (primary N) is 1. The molecule has 2 heterocycles. The van der Waals surface area contributed by atoms with Crippen LogP contribution in [0.25, 0.3) is 10.9 Å². The second-order valence-electron chi connectivity index (χ2n) is 5.10. The van der Waals surface area contributed by atoms with E-state index in [0.717, 1.165) is 5.39 Å². The Hall–Kier alpha value is -1.70. The van der Waals surface area contributed by atoms with Crippen LogP contribution in [0.2, 0.25) is 0 Å². The van der Waals surface area contributed by atoms with Crippen LogP contribution in [0.1, 0.15) is 12.8 Å². The minimum atomic E-state index is -3.53. The molecule has 0 atom stereocenters. The molecule has 0 amide bonds. The van der Waals surface area contributed by atoms with Crippen LogP contribution in [0, 0.1) is 0 Å². The topological polar surface area (TPSA) is 94.3 Å². The molecule has 0 bridgehead atoms. The summed E-state index contributed by atoms with van der Waals surface area (Å²) in [6, 6.07) is 8.20. The van der Waals surface area contributed by atoms with Crippen molar-refractivity contribution in [2.75, 3.05) is 18.9 Å². The van der Waals surface area contributed by atoms with Crippen molar-refractivity contribution in [1.82, 2.24) is 9.71 Å². The van der Waals surface area contributed by atoms with Crippen molar-refractivity contribution >= 4 is 26.7 Å². The summed E-state index contributed by atoms with van der Waals surface area (Å²) in [5, 5.41) is 0.749. The smallest absolute Gasteiger partial charge is 0.240 e. The maximum atomic E-state index is 12.4. The van der Waals surface area contributed by atoms with Crippen molar-refractivity contribution in [3.63, 3.8) is 0 Å². The van der Waals surface area contributed by atoms with Crippen LogP contribution in [-0.2, 0) is 14.8 Å². The molecule has 6 nitrogen and oxygen atoms in total. The van der Waals surface area contributed by atoms with Gasteiger partial charge in [-0.2, -0.15) is 0 Å². The van der Waals surface area contributed by atoms with Gasteiger partial charge in [0.25, 0.3) is 0 Å². The van der Waals surface area contributed by atoms with Gasteiger partial charge in [-0.3, -0.25) is 0 Å². The molecule has 1 aliphatic heterocycles. The molecule has 1 aromatic heterocycles. The second kappa shape index (κ2) is 5.59. The number of nitrogens with zero attached hydrogens (tertiary/aromatic N) is 1. The summed E-state index contributed by atoms with van der Waals surface area (Å²) in [4.78, 5) is 4.40. The summed E-state index contributed by atoms with van der Waals surface area (Å²) in [6.45, 7) is 1.18. The molecular formula is C14H17N3O3S. The van der Waals surface area contributed by atoms with Gasteiger partial charge in [0.1, 0.15) is 5.82 Å². The van der Waals surface area contributed by atoms with Gasteiger partial charge in [-0.15, -0.1) is 0 Å². The van der Waals surface area contributed by atoms with Crippen LogP contribution in [0.5, 0.6) is 0 Å². The number of ether oxygens (including phenoxy) is 1. The Labute approximate surface area is 123 Å². The lowest BCUT2D eigenvalue weighted by Gasteiger charge is -2.23. The molecule has 1 saturated heterocycles. The molecule has 21 heavy (non-hydrogen) atoms. The van der Waals surface area contributed by atoms with E-state index >= 15 is 0 Å². The van der Waals surface area contributed by atoms with Gasteiger partial charge in [0.2, 0.25) is 10.0 Å². The van der Waals surface area contributed by atoms with Crippen molar-refractivity contribution in [3.05, 3.63) is 30.3 Å². The third-order valence-electron chi connectivity index (χ3n) is 3.54. The molecule has 0 radical (unpaired) electrons. The number of sulfonamides is 1. The van der Waals surface area contributed by atoms with E-state index < -0.39 is 10.0 Å². The molecule has 0 spiro atoms. The Morgan fingerprint density at radius 2 is 1.95 bits per heavy atom. The Morgan fingerprint density at radius 1 is 1.19 bits per heavy atom. The fourth-order valence-electron chi connectivity index (χ4n) is 2.39. The highest BCUT2D eigenvalue weighted by Crippen LogP contribution is 2.20. The molecular weight excluding hydrogens is 290 g/mol. The summed E-state index contributed by atoms with van der Waals surface area (Å²) < 4.78 is 32.8. The van der Waals surface area contributed by atoms with E-state index in [2.05, 4.69) is 9.71 Å². The number of rotatable bonds is 3. The zero-order valence-electron chi connectivity index (χ0n) is 11.5. The quantitative estimate of drug-likeness (QED) is 0.890. The van der Waals surface area contributed by atoms with E-state index in [9.17, 15) is 8.42 Å². The fourth-order valence-corrected chi connectivity index (χ4v) is 3.73. The van der Waals surface area contributed by atoms with Gasteiger partial charge in [-0.25, -0.2) is 18.1 Å². The molecule has 0 aliphatic carbocycles. The SMILES string of the molecule is Nc1ccc2cc(S(=O)(=O)NC3CCOCC3)ccc2n1. The van der Waals surface area contributed by atoms with Crippen molar-refractivity contribution in [1.29, 1.82) is 0 Å². The van der Waals surface area contributed by atoms with E-state index in [4.69, 9.17) is 10.5 Å². The molecule has 2 aromatic rings. The minimum Gasteiger partial charge on any atom is -0.384 e. The van der Waals surface area contributed by atoms with Crippen molar-refractivity contribution in [2.24, 2.45) is 0 Å². The average molecular weight is 307 g/mol. The number of pyridine rings is 1. The number of aromatic nitrogens is 1. The van der Waals surface area contributed by atoms with Crippen LogP contribution in [-0.4, -0.2) is 32.7 Å². The van der Waals surface area contributed by atoms with Gasteiger partial charge < -0.3 is 10.5 Å². The maximum Gasteiger partial charge on any atom is 0.240 e. The summed E-state index contributed by atoms with van der Waals surface area (Å²) >= 11 is 0. The molecule has 3 rings (SSSR count). The zero-order valence-corrected chi connectivity index (χ0v) is 12.3. The molecule has 7 heteroatoms. The summed E-state index contributed by atoms with van der Waals surface area (Å²) in [7, 11) is -3.53. The van der Waals surface area contributed by atoms with Crippen LogP contribution in [0.4, 0.5) is 5.82 Å². The largest absolute Gasteiger partial charge is 0.384 e. The summed E-state index contributed by atoms with van der Waals surface area (Å²) in [5.74, 6) is 0.415. The first-order valence-electron chi connectivity index (χ1n) is 6.81. The highest BCUT2D eigenvalue weighted by Gasteiger charge is 2.22. The number of hydrogen-bond donors (Lipinski definition) is 2. The predicted molar refractivity (Wildman–Crippen MR) is 80.3 cm³/mol. The third kappa shape index (κ3) is 3.15. The first-order chi connectivity index (χ1) is 10.0. The van der Waals surface area contributed by atoms with Gasteiger partial charge in [-0.05, 0) is 43.2 Å². The van der Waals surface area contributed by atoms with Crippen LogP contribution >= 0.6 is 0 Å². The molecule has 1 aromatic carbocycles. The lowest BCUT2D eigenvalue weighted by Crippen LogP contribution is -2.38. The third-order valence-corrected chi connectivity index (χ3v) is 5.05. The van der Waals surface area contributed by atoms with E-state index in [1.165, 1.54) is 0 Å². The molecule has 1 fully saturated rings. The number of nitrogen functional groups attached to an aromatic ring is 1. The maximum absolute atomic E-state index is 12.4. The molecule has 0 saturated carbocycles. The van der Waals surface area contributed by atoms with Gasteiger partial charge >= 0.3 is 0 Å². The monoisotopic (exact) mass is 307 g/mol. The van der Waals surface area contributed by atoms with Gasteiger partial charge in [0, 0.05) is 24.6 Å². The van der Waals surface area contributed by atoms with Crippen LogP contribution in [0.3, 0.4) is 0 Å². The normalized spacial score (nSPS) is 17.1. The highest BCUT2D eigenvalue weighted by atomic mass is 32.2. The number of anilines is 1. The zero-order chi connectivity index (χ0) is 14.9. The van der Waals surface area contributed by atoms with E-state index in [0.29, 0.717) is 37.4 Å². The Balaban J connectivity index is 1.89. The van der Waals surface area contributed by atoms with Gasteiger partial charge in [0.05, 0.1) is 10.4 Å². The van der Waals surface area contributed by atoms with Crippen molar-refractivity contribution < 1.29 is 13.2 Å². The van der Waals surface area contributed by atoms with Gasteiger partial charge in [-0.1, -0.05) is 0 Å². The Kier molecular flexibility index (Phi) is 3.79. The van der Waals surface area contributed by atoms with Gasteiger partial charge in [0.15, 0.2) is 0 Å². The summed E-state index contributed by atoms with van der Waals surface area (Å²) in [5.41, 5.74) is 6.30. The fraction of sp³-hybridized carbons (Fsp3) is 0.357. The average Bonchev–Trinajstić information content (AvgIpc) is 2.47. The van der Waals surface area contributed by atoms with Crippen molar-refractivity contribution in [3.8, 4) is 0 Å². The second-order valence-corrected chi connectivity index (χ2v) is 6.81. The molecule has 1 aliphatic rings. The van der Waals surface area contributed by atoms with E-state index in [-0.39, 0.29) is 10.9 Å². The number of hydrogen-bond acceptors (Lipinski definition) is 5. The van der Waals surface area contributed by atoms with Crippen LogP contribution < -0.4 is 10.5 Å². The first-order valence-corrected chi connectivity index (χ1v) is 8.29. The highest BCUT2D eigenvalue weighted by molar-refractivity contribution is 7.89. The Morgan fingerprint density at radius 3 is 2.71 bits per heavy atom. The number of nitrogens with one attached hydrogen (secondary N) is 1. The molecule has 3 N–H and O–H groups in total. The summed E-state index contributed by atoms with van der Waals surface area (Å²) in [6.07, 6.45) is 1.40. The minimum absolute atomic E-state index is 0.0658. The molecule has 0 unspecified atom stereocenters. The van der Waals surface area contributed by atoms with Crippen LogP contribution in [0.15, 0.2) is 35.2 Å². The number of fused-ring (bicyclic) bond motifs is 1. The van der Waals surface area contributed by atoms with E-state index in [1.54, 1.807) is 30.3 Å². The lowest BCUT2D eigenvalue weighted by atomic mass is 10.1. The lowest BCUT2D eigenvalue weighted by molar-refractivity contribution is 0.0832. The standard InChI is InChI=1S/C14H17N3O3S/c15-14-4-1-10-9-12(2-3-13(10)16-14)21(18,19)17-11-5-7-20-8-6-11/h1-4,9,11,17H,5-8H2,(H2,15,16). The molecule has 112 valence electrons. The predicted octanol–water partition coefficient (Wildman–Crippen LogP) is 1.27. The first kappa shape index (κ1) is 14.2. The van der Waals surface area contributed by atoms with Crippen molar-refractivity contribution in [2.45, 2.75) is 23.8 Å².